The van der Waals surface area contributed by atoms with Gasteiger partial charge >= 0.3 is 0 Å². The first-order chi connectivity index (χ1) is 8.67. The molecule has 1 heterocycles. The van der Waals surface area contributed by atoms with Crippen LogP contribution in [0.15, 0.2) is 47.6 Å². The van der Waals surface area contributed by atoms with E-state index in [4.69, 9.17) is 15.7 Å². The van der Waals surface area contributed by atoms with Crippen molar-refractivity contribution in [3.63, 3.8) is 0 Å². The van der Waals surface area contributed by atoms with Crippen LogP contribution in [0.5, 0.6) is 0 Å². The molecule has 1 aliphatic rings. The number of benzene rings is 1. The summed E-state index contributed by atoms with van der Waals surface area (Å²) in [5.41, 5.74) is 8.24. The van der Waals surface area contributed by atoms with E-state index in [9.17, 15) is 5.26 Å². The molecule has 0 aliphatic carbocycles. The van der Waals surface area contributed by atoms with Crippen LogP contribution in [0.3, 0.4) is 0 Å². The molecular weight excluding hydrogens is 226 g/mol. The maximum atomic E-state index is 9.17. The van der Waals surface area contributed by atoms with Crippen molar-refractivity contribution in [2.24, 2.45) is 5.73 Å². The molecule has 1 atom stereocenters. The van der Waals surface area contributed by atoms with Crippen molar-refractivity contribution in [2.75, 3.05) is 0 Å². The molecule has 0 amide bonds. The third kappa shape index (κ3) is 1.92. The number of nitriles is 2. The summed E-state index contributed by atoms with van der Waals surface area (Å²) in [5, 5.41) is 18.3. The second kappa shape index (κ2) is 4.65. The lowest BCUT2D eigenvalue weighted by molar-refractivity contribution is 0.326. The number of hydrogen-bond acceptors (Lipinski definition) is 4. The average molecular weight is 237 g/mol. The van der Waals surface area contributed by atoms with Gasteiger partial charge in [0.2, 0.25) is 5.88 Å². The van der Waals surface area contributed by atoms with Crippen LogP contribution < -0.4 is 5.73 Å². The number of rotatable bonds is 1. The van der Waals surface area contributed by atoms with Gasteiger partial charge in [-0.3, -0.25) is 0 Å². The second-order valence-electron chi connectivity index (χ2n) is 4.04. The molecule has 2 rings (SSSR count). The molecule has 18 heavy (non-hydrogen) atoms. The highest BCUT2D eigenvalue weighted by molar-refractivity contribution is 5.51. The summed E-state index contributed by atoms with van der Waals surface area (Å²) in [6.45, 7) is 1.96. The molecule has 1 unspecified atom stereocenters. The molecular formula is C14H11N3O. The van der Waals surface area contributed by atoms with Crippen molar-refractivity contribution in [1.82, 2.24) is 0 Å². The minimum absolute atomic E-state index is 0.0583. The van der Waals surface area contributed by atoms with Crippen molar-refractivity contribution in [2.45, 2.75) is 12.8 Å². The van der Waals surface area contributed by atoms with Crippen LogP contribution in [0.1, 0.15) is 17.0 Å². The van der Waals surface area contributed by atoms with Gasteiger partial charge in [-0.2, -0.15) is 10.5 Å². The molecule has 0 bridgehead atoms. The summed E-state index contributed by atoms with van der Waals surface area (Å²) in [4.78, 5) is 0. The van der Waals surface area contributed by atoms with E-state index >= 15 is 0 Å². The molecule has 1 aliphatic heterocycles. The van der Waals surface area contributed by atoms with Crippen LogP contribution in [0.2, 0.25) is 0 Å². The SMILES string of the molecule is Cc1cccc(C2C(C#N)=COC(N)=C2C#N)c1. The molecule has 0 radical (unpaired) electrons. The fourth-order valence-electron chi connectivity index (χ4n) is 1.96. The van der Waals surface area contributed by atoms with Gasteiger partial charge in [0, 0.05) is 0 Å². The maximum absolute atomic E-state index is 9.17. The normalized spacial score (nSPS) is 18.4. The highest BCUT2D eigenvalue weighted by Crippen LogP contribution is 2.35. The van der Waals surface area contributed by atoms with Gasteiger partial charge in [-0.15, -0.1) is 0 Å². The second-order valence-corrected chi connectivity index (χ2v) is 4.04. The van der Waals surface area contributed by atoms with Crippen LogP contribution >= 0.6 is 0 Å². The van der Waals surface area contributed by atoms with Gasteiger partial charge in [-0.05, 0) is 12.5 Å². The van der Waals surface area contributed by atoms with Crippen molar-refractivity contribution in [1.29, 1.82) is 10.5 Å². The molecule has 0 fully saturated rings. The molecule has 0 aromatic heterocycles. The molecule has 2 N–H and O–H groups in total. The molecule has 1 aromatic carbocycles. The molecule has 0 saturated heterocycles. The summed E-state index contributed by atoms with van der Waals surface area (Å²) >= 11 is 0. The lowest BCUT2D eigenvalue weighted by Crippen LogP contribution is -2.16. The van der Waals surface area contributed by atoms with Crippen LogP contribution in [0.25, 0.3) is 0 Å². The van der Waals surface area contributed by atoms with Gasteiger partial charge in [-0.25, -0.2) is 0 Å². The lowest BCUT2D eigenvalue weighted by atomic mass is 9.84. The summed E-state index contributed by atoms with van der Waals surface area (Å²) in [6, 6.07) is 11.7. The molecule has 88 valence electrons. The van der Waals surface area contributed by atoms with Gasteiger partial charge in [-0.1, -0.05) is 29.8 Å². The predicted molar refractivity (Wildman–Crippen MR) is 65.5 cm³/mol. The average Bonchev–Trinajstić information content (AvgIpc) is 2.38. The fraction of sp³-hybridized carbons (Fsp3) is 0.143. The van der Waals surface area contributed by atoms with Crippen LogP contribution in [-0.4, -0.2) is 0 Å². The van der Waals surface area contributed by atoms with E-state index in [2.05, 4.69) is 6.07 Å². The third-order valence-corrected chi connectivity index (χ3v) is 2.80. The topological polar surface area (TPSA) is 82.8 Å². The molecule has 4 nitrogen and oxygen atoms in total. The quantitative estimate of drug-likeness (QED) is 0.811. The summed E-state index contributed by atoms with van der Waals surface area (Å²) in [5.74, 6) is -0.378. The Kier molecular flexibility index (Phi) is 3.03. The summed E-state index contributed by atoms with van der Waals surface area (Å²) in [7, 11) is 0. The van der Waals surface area contributed by atoms with Crippen molar-refractivity contribution in [3.05, 3.63) is 58.7 Å². The Morgan fingerprint density at radius 1 is 1.28 bits per heavy atom. The lowest BCUT2D eigenvalue weighted by Gasteiger charge is -2.21. The van der Waals surface area contributed by atoms with Gasteiger partial charge in [0.25, 0.3) is 0 Å². The smallest absolute Gasteiger partial charge is 0.204 e. The molecule has 4 heteroatoms. The largest absolute Gasteiger partial charge is 0.447 e. The van der Waals surface area contributed by atoms with Crippen LogP contribution in [0, 0.1) is 29.6 Å². The zero-order chi connectivity index (χ0) is 13.1. The van der Waals surface area contributed by atoms with E-state index in [0.717, 1.165) is 11.1 Å². The number of nitrogens with two attached hydrogens (primary N) is 1. The molecule has 1 aromatic rings. The van der Waals surface area contributed by atoms with E-state index in [-0.39, 0.29) is 11.5 Å². The molecule has 0 spiro atoms. The Morgan fingerprint density at radius 2 is 2.06 bits per heavy atom. The fourth-order valence-corrected chi connectivity index (χ4v) is 1.96. The highest BCUT2D eigenvalue weighted by Gasteiger charge is 2.28. The number of hydrogen-bond donors (Lipinski definition) is 1. The van der Waals surface area contributed by atoms with E-state index in [1.165, 1.54) is 6.26 Å². The standard InChI is InChI=1S/C14H11N3O/c1-9-3-2-4-10(5-9)13-11(6-15)8-18-14(17)12(13)7-16/h2-5,8,13H,17H2,1H3. The van der Waals surface area contributed by atoms with Gasteiger partial charge < -0.3 is 10.5 Å². The third-order valence-electron chi connectivity index (χ3n) is 2.80. The van der Waals surface area contributed by atoms with Crippen molar-refractivity contribution >= 4 is 0 Å². The van der Waals surface area contributed by atoms with Crippen molar-refractivity contribution < 1.29 is 4.74 Å². The van der Waals surface area contributed by atoms with E-state index < -0.39 is 5.92 Å². The Balaban J connectivity index is 2.57. The zero-order valence-corrected chi connectivity index (χ0v) is 9.84. The van der Waals surface area contributed by atoms with E-state index in [0.29, 0.717) is 5.57 Å². The van der Waals surface area contributed by atoms with Gasteiger partial charge in [0.05, 0.1) is 17.6 Å². The number of allylic oxidation sites excluding steroid dienone is 2. The van der Waals surface area contributed by atoms with E-state index in [1.54, 1.807) is 0 Å². The number of aryl methyl sites for hydroxylation is 1. The Labute approximate surface area is 105 Å². The Hall–Kier alpha value is -2.72. The monoisotopic (exact) mass is 237 g/mol. The number of ether oxygens (including phenoxy) is 1. The zero-order valence-electron chi connectivity index (χ0n) is 9.84. The Morgan fingerprint density at radius 3 is 2.67 bits per heavy atom. The van der Waals surface area contributed by atoms with Crippen LogP contribution in [0.4, 0.5) is 0 Å². The first kappa shape index (κ1) is 11.8. The minimum atomic E-state index is -0.436. The van der Waals surface area contributed by atoms with Crippen molar-refractivity contribution in [3.8, 4) is 12.1 Å². The Bertz CT molecular complexity index is 629. The summed E-state index contributed by atoms with van der Waals surface area (Å²) in [6.07, 6.45) is 1.31. The predicted octanol–water partition coefficient (Wildman–Crippen LogP) is 2.21. The first-order valence-corrected chi connectivity index (χ1v) is 5.40. The maximum Gasteiger partial charge on any atom is 0.204 e. The van der Waals surface area contributed by atoms with Gasteiger partial charge in [0.15, 0.2) is 0 Å². The van der Waals surface area contributed by atoms with E-state index in [1.807, 2.05) is 37.3 Å². The number of nitrogens with zero attached hydrogens (tertiary/aromatic N) is 2. The first-order valence-electron chi connectivity index (χ1n) is 5.40. The highest BCUT2D eigenvalue weighted by atomic mass is 16.5. The van der Waals surface area contributed by atoms with Crippen LogP contribution in [-0.2, 0) is 4.74 Å². The van der Waals surface area contributed by atoms with Gasteiger partial charge in [0.1, 0.15) is 17.9 Å². The molecule has 0 saturated carbocycles. The summed E-state index contributed by atoms with van der Waals surface area (Å²) < 4.78 is 5.02. The minimum Gasteiger partial charge on any atom is -0.447 e.